The van der Waals surface area contributed by atoms with Crippen LogP contribution in [0.25, 0.3) is 0 Å². The van der Waals surface area contributed by atoms with Crippen LogP contribution in [0.15, 0.2) is 46.6 Å². The Labute approximate surface area is 162 Å². The monoisotopic (exact) mass is 383 g/mol. The molecule has 2 aromatic carbocycles. The van der Waals surface area contributed by atoms with Gasteiger partial charge in [0.2, 0.25) is 5.91 Å². The smallest absolute Gasteiger partial charge is 0.239 e. The maximum Gasteiger partial charge on any atom is 0.239 e. The highest BCUT2D eigenvalue weighted by atomic mass is 32.2. The molecule has 1 aliphatic heterocycles. The second kappa shape index (κ2) is 8.26. The van der Waals surface area contributed by atoms with Crippen LogP contribution in [0.4, 0.5) is 0 Å². The van der Waals surface area contributed by atoms with Crippen molar-refractivity contribution in [2.24, 2.45) is 10.2 Å². The number of rotatable bonds is 5. The van der Waals surface area contributed by atoms with Crippen molar-refractivity contribution >= 4 is 29.1 Å². The third-order valence-corrected chi connectivity index (χ3v) is 5.40. The van der Waals surface area contributed by atoms with E-state index in [1.165, 1.54) is 36.1 Å². The van der Waals surface area contributed by atoms with Gasteiger partial charge in [-0.05, 0) is 60.7 Å². The van der Waals surface area contributed by atoms with Gasteiger partial charge >= 0.3 is 0 Å². The van der Waals surface area contributed by atoms with E-state index >= 15 is 0 Å². The van der Waals surface area contributed by atoms with Crippen LogP contribution in [-0.4, -0.2) is 34.8 Å². The minimum absolute atomic E-state index is 0.0570. The van der Waals surface area contributed by atoms with Crippen molar-refractivity contribution in [3.05, 3.63) is 58.7 Å². The quantitative estimate of drug-likeness (QED) is 0.614. The normalized spacial score (nSPS) is 18.3. The number of phenols is 1. The fourth-order valence-corrected chi connectivity index (χ4v) is 3.62. The molecule has 6 nitrogen and oxygen atoms in total. The van der Waals surface area contributed by atoms with E-state index in [0.717, 1.165) is 11.1 Å². The molecule has 2 aromatic rings. The van der Waals surface area contributed by atoms with Crippen LogP contribution in [0.1, 0.15) is 22.3 Å². The molecule has 0 spiro atoms. The molecule has 1 unspecified atom stereocenters. The summed E-state index contributed by atoms with van der Waals surface area (Å²) in [5.41, 5.74) is 4.32. The van der Waals surface area contributed by atoms with Crippen LogP contribution in [0.5, 0.6) is 11.5 Å². The Morgan fingerprint density at radius 3 is 2.78 bits per heavy atom. The van der Waals surface area contributed by atoms with Gasteiger partial charge in [0.05, 0.1) is 18.6 Å². The van der Waals surface area contributed by atoms with Crippen molar-refractivity contribution in [1.29, 1.82) is 0 Å². The molecule has 7 heteroatoms. The molecular weight excluding hydrogens is 362 g/mol. The fraction of sp³-hybridized carbons (Fsp3) is 0.250. The van der Waals surface area contributed by atoms with Crippen molar-refractivity contribution in [2.45, 2.75) is 25.5 Å². The first-order valence-corrected chi connectivity index (χ1v) is 9.36. The molecule has 0 bridgehead atoms. The zero-order valence-electron chi connectivity index (χ0n) is 15.4. The topological polar surface area (TPSA) is 83.3 Å². The lowest BCUT2D eigenvalue weighted by molar-refractivity contribution is -0.118. The van der Waals surface area contributed by atoms with Crippen LogP contribution < -0.4 is 10.1 Å². The van der Waals surface area contributed by atoms with Gasteiger partial charge in [-0.1, -0.05) is 30.0 Å². The highest BCUT2D eigenvalue weighted by molar-refractivity contribution is 8.15. The van der Waals surface area contributed by atoms with Crippen molar-refractivity contribution in [2.75, 3.05) is 7.11 Å². The number of aromatic hydroxyl groups is 1. The first kappa shape index (κ1) is 19.0. The second-order valence-corrected chi connectivity index (χ2v) is 7.49. The number of nitrogens with one attached hydrogen (secondary N) is 1. The van der Waals surface area contributed by atoms with Gasteiger partial charge in [0.1, 0.15) is 0 Å². The molecule has 1 fully saturated rings. The number of benzene rings is 2. The Morgan fingerprint density at radius 1 is 1.22 bits per heavy atom. The molecule has 0 aromatic heterocycles. The Morgan fingerprint density at radius 2 is 2.04 bits per heavy atom. The molecule has 0 saturated carbocycles. The van der Waals surface area contributed by atoms with Gasteiger partial charge in [-0.2, -0.15) is 5.10 Å². The van der Waals surface area contributed by atoms with E-state index in [0.29, 0.717) is 17.3 Å². The van der Waals surface area contributed by atoms with E-state index < -0.39 is 0 Å². The molecule has 1 saturated heterocycles. The van der Waals surface area contributed by atoms with E-state index in [9.17, 15) is 9.90 Å². The molecular formula is C20H21N3O3S. The largest absolute Gasteiger partial charge is 0.504 e. The van der Waals surface area contributed by atoms with Gasteiger partial charge in [-0.3, -0.25) is 4.79 Å². The highest BCUT2D eigenvalue weighted by Gasteiger charge is 2.30. The van der Waals surface area contributed by atoms with Crippen molar-refractivity contribution in [3.63, 3.8) is 0 Å². The average Bonchev–Trinajstić information content (AvgIpc) is 2.99. The summed E-state index contributed by atoms with van der Waals surface area (Å²) in [5, 5.41) is 20.7. The number of amidine groups is 1. The van der Waals surface area contributed by atoms with E-state index in [2.05, 4.69) is 47.6 Å². The number of thioether (sulfide) groups is 1. The van der Waals surface area contributed by atoms with E-state index in [4.69, 9.17) is 4.74 Å². The Kier molecular flexibility index (Phi) is 5.81. The number of hydrogen-bond donors (Lipinski definition) is 2. The van der Waals surface area contributed by atoms with Gasteiger partial charge in [0.15, 0.2) is 16.7 Å². The van der Waals surface area contributed by atoms with Crippen molar-refractivity contribution < 1.29 is 14.6 Å². The summed E-state index contributed by atoms with van der Waals surface area (Å²) in [6.07, 6.45) is 2.19. The highest BCUT2D eigenvalue weighted by Crippen LogP contribution is 2.26. The van der Waals surface area contributed by atoms with Gasteiger partial charge in [0.25, 0.3) is 0 Å². The Bertz CT molecular complexity index is 925. The number of nitrogens with zero attached hydrogens (tertiary/aromatic N) is 2. The second-order valence-electron chi connectivity index (χ2n) is 6.30. The third kappa shape index (κ3) is 4.68. The summed E-state index contributed by atoms with van der Waals surface area (Å²) in [6, 6.07) is 11.1. The molecule has 27 heavy (non-hydrogen) atoms. The van der Waals surface area contributed by atoms with Crippen LogP contribution in [-0.2, 0) is 11.2 Å². The van der Waals surface area contributed by atoms with Crippen LogP contribution in [0, 0.1) is 13.8 Å². The fourth-order valence-electron chi connectivity index (χ4n) is 2.65. The standard InChI is InChI=1S/C20H21N3O3S/c1-12-4-5-14(8-13(12)2)10-18-19(25)22-20(27-18)23-21-11-15-6-7-16(24)17(9-15)26-3/h4-9,11,18,24H,10H2,1-3H3,(H,22,23,25)/b21-11+. The van der Waals surface area contributed by atoms with E-state index in [1.54, 1.807) is 18.3 Å². The van der Waals surface area contributed by atoms with Gasteiger partial charge in [-0.15, -0.1) is 5.10 Å². The number of carbonyl (C=O) groups excluding carboxylic acids is 1. The lowest BCUT2D eigenvalue weighted by atomic mass is 10.0. The zero-order valence-corrected chi connectivity index (χ0v) is 16.2. The molecule has 0 radical (unpaired) electrons. The molecule has 1 aliphatic rings. The third-order valence-electron chi connectivity index (χ3n) is 4.33. The number of carbonyl (C=O) groups is 1. The van der Waals surface area contributed by atoms with Gasteiger partial charge in [0, 0.05) is 0 Å². The summed E-state index contributed by atoms with van der Waals surface area (Å²) < 4.78 is 5.06. The first-order chi connectivity index (χ1) is 13.0. The summed E-state index contributed by atoms with van der Waals surface area (Å²) in [5.74, 6) is 0.371. The maximum absolute atomic E-state index is 12.2. The summed E-state index contributed by atoms with van der Waals surface area (Å²) >= 11 is 1.38. The number of methoxy groups -OCH3 is 1. The Hall–Kier alpha value is -2.80. The number of hydrogen-bond acceptors (Lipinski definition) is 6. The number of aryl methyl sites for hydroxylation is 2. The zero-order chi connectivity index (χ0) is 19.4. The Balaban J connectivity index is 1.65. The molecule has 0 aliphatic carbocycles. The predicted molar refractivity (Wildman–Crippen MR) is 109 cm³/mol. The molecule has 140 valence electrons. The molecule has 1 amide bonds. The molecule has 1 atom stereocenters. The van der Waals surface area contributed by atoms with Crippen molar-refractivity contribution in [3.8, 4) is 11.5 Å². The minimum atomic E-state index is -0.213. The number of ether oxygens (including phenoxy) is 1. The molecule has 3 rings (SSSR count). The van der Waals surface area contributed by atoms with Crippen LogP contribution in [0.3, 0.4) is 0 Å². The van der Waals surface area contributed by atoms with Crippen molar-refractivity contribution in [1.82, 2.24) is 5.32 Å². The number of amides is 1. The summed E-state index contributed by atoms with van der Waals surface area (Å²) in [4.78, 5) is 12.2. The summed E-state index contributed by atoms with van der Waals surface area (Å²) in [7, 11) is 1.48. The van der Waals surface area contributed by atoms with Crippen LogP contribution >= 0.6 is 11.8 Å². The predicted octanol–water partition coefficient (Wildman–Crippen LogP) is 3.18. The van der Waals surface area contributed by atoms with Gasteiger partial charge in [-0.25, -0.2) is 0 Å². The maximum atomic E-state index is 12.2. The average molecular weight is 383 g/mol. The minimum Gasteiger partial charge on any atom is -0.504 e. The van der Waals surface area contributed by atoms with Gasteiger partial charge < -0.3 is 15.2 Å². The lowest BCUT2D eigenvalue weighted by Crippen LogP contribution is -2.25. The first-order valence-electron chi connectivity index (χ1n) is 8.48. The van der Waals surface area contributed by atoms with Crippen LogP contribution in [0.2, 0.25) is 0 Å². The number of phenolic OH excluding ortho intramolecular Hbond substituents is 1. The molecule has 1 heterocycles. The summed E-state index contributed by atoms with van der Waals surface area (Å²) in [6.45, 7) is 4.14. The lowest BCUT2D eigenvalue weighted by Gasteiger charge is -2.07. The molecule has 2 N–H and O–H groups in total. The SMILES string of the molecule is COc1cc(/C=N/N=C2/NC(=O)C(Cc3ccc(C)c(C)c3)S2)ccc1O. The van der Waals surface area contributed by atoms with E-state index in [1.807, 2.05) is 0 Å². The van der Waals surface area contributed by atoms with E-state index in [-0.39, 0.29) is 16.9 Å².